The number of hydrogen-bond acceptors (Lipinski definition) is 4. The Labute approximate surface area is 130 Å². The summed E-state index contributed by atoms with van der Waals surface area (Å²) in [6.45, 7) is 3.71. The number of carbonyl (C=O) groups is 2. The highest BCUT2D eigenvalue weighted by atomic mass is 16.5. The second-order valence-electron chi connectivity index (χ2n) is 5.53. The molecule has 0 aromatic heterocycles. The predicted octanol–water partition coefficient (Wildman–Crippen LogP) is 1.96. The van der Waals surface area contributed by atoms with Gasteiger partial charge in [-0.15, -0.1) is 0 Å². The number of amides is 1. The van der Waals surface area contributed by atoms with Gasteiger partial charge in [0, 0.05) is 25.7 Å². The molecule has 1 aromatic carbocycles. The number of rotatable bonds is 6. The zero-order valence-corrected chi connectivity index (χ0v) is 12.7. The van der Waals surface area contributed by atoms with Crippen molar-refractivity contribution in [3.8, 4) is 5.75 Å². The molecule has 1 heterocycles. The number of nitrogens with zero attached hydrogens (tertiary/aromatic N) is 1. The molecule has 1 saturated heterocycles. The SMILES string of the molecule is CC(=O)Nc1ccc(OC2CCCN(CCC(=O)O)C2)cc1. The highest BCUT2D eigenvalue weighted by Crippen LogP contribution is 2.20. The monoisotopic (exact) mass is 306 g/mol. The molecule has 0 saturated carbocycles. The molecule has 1 atom stereocenters. The second-order valence-corrected chi connectivity index (χ2v) is 5.53. The number of carbonyl (C=O) groups excluding carboxylic acids is 1. The van der Waals surface area contributed by atoms with Gasteiger partial charge < -0.3 is 15.2 Å². The van der Waals surface area contributed by atoms with E-state index in [-0.39, 0.29) is 18.4 Å². The van der Waals surface area contributed by atoms with Crippen LogP contribution in [0.15, 0.2) is 24.3 Å². The molecule has 1 amide bonds. The van der Waals surface area contributed by atoms with E-state index in [1.54, 1.807) is 0 Å². The number of benzene rings is 1. The Morgan fingerprint density at radius 1 is 1.36 bits per heavy atom. The topological polar surface area (TPSA) is 78.9 Å². The summed E-state index contributed by atoms with van der Waals surface area (Å²) < 4.78 is 5.95. The highest BCUT2D eigenvalue weighted by Gasteiger charge is 2.21. The Kier molecular flexibility index (Phi) is 5.77. The summed E-state index contributed by atoms with van der Waals surface area (Å²) in [5.41, 5.74) is 0.742. The van der Waals surface area contributed by atoms with E-state index in [0.717, 1.165) is 37.4 Å². The van der Waals surface area contributed by atoms with Gasteiger partial charge in [0.1, 0.15) is 11.9 Å². The van der Waals surface area contributed by atoms with E-state index >= 15 is 0 Å². The number of ether oxygens (including phenoxy) is 1. The quantitative estimate of drug-likeness (QED) is 0.840. The van der Waals surface area contributed by atoms with Crippen molar-refractivity contribution in [3.05, 3.63) is 24.3 Å². The summed E-state index contributed by atoms with van der Waals surface area (Å²) in [5.74, 6) is -0.106. The minimum absolute atomic E-state index is 0.0779. The van der Waals surface area contributed by atoms with Crippen LogP contribution in [-0.4, -0.2) is 47.6 Å². The second kappa shape index (κ2) is 7.79. The van der Waals surface area contributed by atoms with Crippen LogP contribution in [0, 0.1) is 0 Å². The van der Waals surface area contributed by atoms with Crippen LogP contribution in [0.25, 0.3) is 0 Å². The van der Waals surface area contributed by atoms with Crippen molar-refractivity contribution in [2.45, 2.75) is 32.3 Å². The molecular formula is C16H22N2O4. The number of anilines is 1. The summed E-state index contributed by atoms with van der Waals surface area (Å²) >= 11 is 0. The molecule has 0 radical (unpaired) electrons. The number of hydrogen-bond donors (Lipinski definition) is 2. The van der Waals surface area contributed by atoms with Gasteiger partial charge in [0.2, 0.25) is 5.91 Å². The molecule has 1 aromatic rings. The van der Waals surface area contributed by atoms with Crippen molar-refractivity contribution >= 4 is 17.6 Å². The number of carboxylic acid groups (broad SMARTS) is 1. The van der Waals surface area contributed by atoms with E-state index in [4.69, 9.17) is 9.84 Å². The van der Waals surface area contributed by atoms with Crippen molar-refractivity contribution in [2.75, 3.05) is 25.0 Å². The first-order valence-electron chi connectivity index (χ1n) is 7.51. The Morgan fingerprint density at radius 2 is 2.09 bits per heavy atom. The maximum Gasteiger partial charge on any atom is 0.304 e. The number of piperidine rings is 1. The molecule has 1 aliphatic rings. The maximum atomic E-state index is 11.0. The minimum atomic E-state index is -0.767. The van der Waals surface area contributed by atoms with E-state index in [9.17, 15) is 9.59 Å². The fourth-order valence-electron chi connectivity index (χ4n) is 2.58. The van der Waals surface area contributed by atoms with Crippen LogP contribution in [0.3, 0.4) is 0 Å². The molecule has 1 aliphatic heterocycles. The molecule has 22 heavy (non-hydrogen) atoms. The first-order chi connectivity index (χ1) is 10.5. The lowest BCUT2D eigenvalue weighted by molar-refractivity contribution is -0.137. The van der Waals surface area contributed by atoms with Crippen LogP contribution in [0.1, 0.15) is 26.2 Å². The fraction of sp³-hybridized carbons (Fsp3) is 0.500. The molecule has 6 nitrogen and oxygen atoms in total. The van der Waals surface area contributed by atoms with Crippen molar-refractivity contribution < 1.29 is 19.4 Å². The van der Waals surface area contributed by atoms with Gasteiger partial charge >= 0.3 is 5.97 Å². The van der Waals surface area contributed by atoms with Gasteiger partial charge in [-0.25, -0.2) is 0 Å². The van der Waals surface area contributed by atoms with Gasteiger partial charge in [-0.05, 0) is 43.7 Å². The first kappa shape index (κ1) is 16.3. The van der Waals surface area contributed by atoms with Crippen molar-refractivity contribution in [1.29, 1.82) is 0 Å². The van der Waals surface area contributed by atoms with Crippen LogP contribution >= 0.6 is 0 Å². The maximum absolute atomic E-state index is 11.0. The average molecular weight is 306 g/mol. The Balaban J connectivity index is 1.84. The molecular weight excluding hydrogens is 284 g/mol. The number of nitrogens with one attached hydrogen (secondary N) is 1. The summed E-state index contributed by atoms with van der Waals surface area (Å²) in [6.07, 6.45) is 2.22. The Hall–Kier alpha value is -2.08. The predicted molar refractivity (Wildman–Crippen MR) is 83.1 cm³/mol. The lowest BCUT2D eigenvalue weighted by Gasteiger charge is -2.32. The largest absolute Gasteiger partial charge is 0.489 e. The van der Waals surface area contributed by atoms with Gasteiger partial charge in [-0.1, -0.05) is 0 Å². The molecule has 120 valence electrons. The van der Waals surface area contributed by atoms with Crippen LogP contribution in [-0.2, 0) is 9.59 Å². The summed E-state index contributed by atoms with van der Waals surface area (Å²) in [7, 11) is 0. The third-order valence-corrected chi connectivity index (χ3v) is 3.58. The van der Waals surface area contributed by atoms with Gasteiger partial charge in [-0.2, -0.15) is 0 Å². The Morgan fingerprint density at radius 3 is 2.73 bits per heavy atom. The molecule has 1 fully saturated rings. The van der Waals surface area contributed by atoms with E-state index in [2.05, 4.69) is 10.2 Å². The molecule has 0 spiro atoms. The normalized spacial score (nSPS) is 18.7. The van der Waals surface area contributed by atoms with Crippen LogP contribution in [0.4, 0.5) is 5.69 Å². The minimum Gasteiger partial charge on any atom is -0.489 e. The standard InChI is InChI=1S/C16H22N2O4/c1-12(19)17-13-4-6-14(7-5-13)22-15-3-2-9-18(11-15)10-8-16(20)21/h4-7,15H,2-3,8-11H2,1H3,(H,17,19)(H,20,21). The molecule has 2 rings (SSSR count). The number of carboxylic acids is 1. The van der Waals surface area contributed by atoms with E-state index in [0.29, 0.717) is 6.54 Å². The van der Waals surface area contributed by atoms with Gasteiger partial charge in [0.15, 0.2) is 0 Å². The molecule has 0 bridgehead atoms. The van der Waals surface area contributed by atoms with Gasteiger partial charge in [0.25, 0.3) is 0 Å². The first-order valence-corrected chi connectivity index (χ1v) is 7.51. The summed E-state index contributed by atoms with van der Waals surface area (Å²) in [6, 6.07) is 7.28. The van der Waals surface area contributed by atoms with E-state index in [1.165, 1.54) is 6.92 Å². The molecule has 6 heteroatoms. The van der Waals surface area contributed by atoms with Crippen molar-refractivity contribution in [1.82, 2.24) is 4.90 Å². The highest BCUT2D eigenvalue weighted by molar-refractivity contribution is 5.88. The molecule has 0 aliphatic carbocycles. The van der Waals surface area contributed by atoms with Crippen molar-refractivity contribution in [3.63, 3.8) is 0 Å². The van der Waals surface area contributed by atoms with Gasteiger partial charge in [-0.3, -0.25) is 14.5 Å². The smallest absolute Gasteiger partial charge is 0.304 e. The fourth-order valence-corrected chi connectivity index (χ4v) is 2.58. The number of likely N-dealkylation sites (tertiary alicyclic amines) is 1. The van der Waals surface area contributed by atoms with Gasteiger partial charge in [0.05, 0.1) is 6.42 Å². The lowest BCUT2D eigenvalue weighted by atomic mass is 10.1. The zero-order chi connectivity index (χ0) is 15.9. The van der Waals surface area contributed by atoms with Crippen LogP contribution in [0.2, 0.25) is 0 Å². The average Bonchev–Trinajstić information content (AvgIpc) is 2.47. The third kappa shape index (κ3) is 5.37. The van der Waals surface area contributed by atoms with Crippen LogP contribution < -0.4 is 10.1 Å². The van der Waals surface area contributed by atoms with E-state index in [1.807, 2.05) is 24.3 Å². The summed E-state index contributed by atoms with van der Waals surface area (Å²) in [4.78, 5) is 23.7. The molecule has 1 unspecified atom stereocenters. The number of aliphatic carboxylic acids is 1. The zero-order valence-electron chi connectivity index (χ0n) is 12.7. The molecule has 2 N–H and O–H groups in total. The van der Waals surface area contributed by atoms with Crippen LogP contribution in [0.5, 0.6) is 5.75 Å². The summed E-state index contributed by atoms with van der Waals surface area (Å²) in [5, 5.41) is 11.5. The van der Waals surface area contributed by atoms with Crippen molar-refractivity contribution in [2.24, 2.45) is 0 Å². The van der Waals surface area contributed by atoms with E-state index < -0.39 is 5.97 Å². The third-order valence-electron chi connectivity index (χ3n) is 3.58. The Bertz CT molecular complexity index is 515. The lowest BCUT2D eigenvalue weighted by Crippen LogP contribution is -2.41.